The number of nitrogens with zero attached hydrogens (tertiary/aromatic N) is 1. The smallest absolute Gasteiger partial charge is 0.252 e. The average molecular weight is 389 g/mol. The lowest BCUT2D eigenvalue weighted by Crippen LogP contribution is -2.30. The van der Waals surface area contributed by atoms with E-state index in [1.807, 2.05) is 13.0 Å². The molecular weight excluding hydrogens is 360 g/mol. The first-order valence-corrected chi connectivity index (χ1v) is 10.8. The first kappa shape index (κ1) is 21.0. The highest BCUT2D eigenvalue weighted by atomic mass is 32.2. The molecule has 1 atom stereocenters. The molecule has 1 amide bonds. The van der Waals surface area contributed by atoms with Crippen molar-refractivity contribution < 1.29 is 13.2 Å². The van der Waals surface area contributed by atoms with E-state index >= 15 is 0 Å². The zero-order chi connectivity index (χ0) is 20.4. The van der Waals surface area contributed by atoms with E-state index in [1.54, 1.807) is 25.1 Å². The van der Waals surface area contributed by atoms with Gasteiger partial charge in [-0.25, -0.2) is 8.42 Å². The largest absolute Gasteiger partial charge is 0.345 e. The zero-order valence-corrected chi connectivity index (χ0v) is 17.6. The van der Waals surface area contributed by atoms with Crippen LogP contribution in [-0.4, -0.2) is 27.6 Å². The Labute approximate surface area is 162 Å². The molecule has 0 fully saturated rings. The summed E-state index contributed by atoms with van der Waals surface area (Å²) in [6, 6.07) is 11.2. The van der Waals surface area contributed by atoms with Crippen molar-refractivity contribution in [3.05, 3.63) is 64.2 Å². The molecule has 5 nitrogen and oxygen atoms in total. The van der Waals surface area contributed by atoms with Crippen molar-refractivity contribution in [2.45, 2.75) is 40.2 Å². The highest BCUT2D eigenvalue weighted by Gasteiger charge is 2.20. The summed E-state index contributed by atoms with van der Waals surface area (Å²) in [6.45, 7) is 7.91. The molecule has 0 unspecified atom stereocenters. The molecule has 1 N–H and O–H groups in total. The number of nitrogens with one attached hydrogen (secondary N) is 1. The minimum absolute atomic E-state index is 0.104. The minimum Gasteiger partial charge on any atom is -0.345 e. The molecule has 27 heavy (non-hydrogen) atoms. The van der Waals surface area contributed by atoms with Gasteiger partial charge in [-0.3, -0.25) is 9.10 Å². The maximum Gasteiger partial charge on any atom is 0.252 e. The fraction of sp³-hybridized carbons (Fsp3) is 0.381. The Bertz CT molecular complexity index is 952. The second-order valence-electron chi connectivity index (χ2n) is 6.96. The van der Waals surface area contributed by atoms with Crippen molar-refractivity contribution in [3.63, 3.8) is 0 Å². The minimum atomic E-state index is -3.40. The van der Waals surface area contributed by atoms with Crippen LogP contribution in [0.5, 0.6) is 0 Å². The predicted octanol–water partition coefficient (Wildman–Crippen LogP) is 3.89. The fourth-order valence-corrected chi connectivity index (χ4v) is 3.58. The van der Waals surface area contributed by atoms with E-state index in [0.29, 0.717) is 16.8 Å². The Hall–Kier alpha value is -2.34. The number of carbonyl (C=O) groups is 1. The van der Waals surface area contributed by atoms with Gasteiger partial charge in [-0.1, -0.05) is 31.2 Å². The third kappa shape index (κ3) is 4.69. The first-order chi connectivity index (χ1) is 12.6. The van der Waals surface area contributed by atoms with Crippen LogP contribution in [0.1, 0.15) is 52.0 Å². The summed E-state index contributed by atoms with van der Waals surface area (Å²) >= 11 is 0. The summed E-state index contributed by atoms with van der Waals surface area (Å²) in [6.07, 6.45) is 1.91. The standard InChI is InChI=1S/C21H28N2O3S/c1-7-19(17-12-11-14(2)15(3)13-17)22-21(24)18-9-8-10-20(16(18)4)23(5)27(6,25)26/h8-13,19H,7H2,1-6H3,(H,22,24)/t19-/m1/s1. The number of hydrogen-bond donors (Lipinski definition) is 1. The lowest BCUT2D eigenvalue weighted by molar-refractivity contribution is 0.0935. The normalized spacial score (nSPS) is 12.5. The van der Waals surface area contributed by atoms with E-state index < -0.39 is 10.0 Å². The monoisotopic (exact) mass is 388 g/mol. The summed E-state index contributed by atoms with van der Waals surface area (Å²) in [5, 5.41) is 3.08. The molecule has 0 saturated heterocycles. The topological polar surface area (TPSA) is 66.5 Å². The lowest BCUT2D eigenvalue weighted by atomic mass is 9.98. The quantitative estimate of drug-likeness (QED) is 0.816. The van der Waals surface area contributed by atoms with Gasteiger partial charge >= 0.3 is 0 Å². The number of aryl methyl sites for hydroxylation is 2. The number of sulfonamides is 1. The van der Waals surface area contributed by atoms with Crippen LogP contribution in [0.2, 0.25) is 0 Å². The third-order valence-electron chi connectivity index (χ3n) is 5.03. The van der Waals surface area contributed by atoms with Crippen LogP contribution in [0.25, 0.3) is 0 Å². The maximum atomic E-state index is 12.9. The van der Waals surface area contributed by atoms with Gasteiger partial charge in [-0.2, -0.15) is 0 Å². The van der Waals surface area contributed by atoms with Gasteiger partial charge in [0, 0.05) is 12.6 Å². The van der Waals surface area contributed by atoms with Crippen molar-refractivity contribution in [2.24, 2.45) is 0 Å². The molecule has 6 heteroatoms. The molecule has 0 spiro atoms. The number of carbonyl (C=O) groups excluding carboxylic acids is 1. The Morgan fingerprint density at radius 1 is 1.11 bits per heavy atom. The van der Waals surface area contributed by atoms with Gasteiger partial charge in [-0.05, 0) is 61.6 Å². The summed E-state index contributed by atoms with van der Waals surface area (Å²) in [5.74, 6) is -0.207. The van der Waals surface area contributed by atoms with E-state index in [0.717, 1.165) is 18.2 Å². The Balaban J connectivity index is 2.33. The summed E-state index contributed by atoms with van der Waals surface area (Å²) in [5.41, 5.74) is 5.09. The average Bonchev–Trinajstić information content (AvgIpc) is 2.60. The third-order valence-corrected chi connectivity index (χ3v) is 6.23. The molecule has 2 aromatic carbocycles. The van der Waals surface area contributed by atoms with Crippen LogP contribution >= 0.6 is 0 Å². The van der Waals surface area contributed by atoms with Crippen molar-refractivity contribution >= 4 is 21.6 Å². The van der Waals surface area contributed by atoms with E-state index in [1.165, 1.54) is 22.5 Å². The van der Waals surface area contributed by atoms with Gasteiger partial charge in [0.25, 0.3) is 5.91 Å². The second kappa shape index (κ2) is 8.13. The summed E-state index contributed by atoms with van der Waals surface area (Å²) in [4.78, 5) is 12.9. The number of anilines is 1. The molecule has 0 saturated carbocycles. The van der Waals surface area contributed by atoms with Gasteiger partial charge in [0.05, 0.1) is 18.0 Å². The molecule has 0 bridgehead atoms. The van der Waals surface area contributed by atoms with E-state index in [9.17, 15) is 13.2 Å². The Morgan fingerprint density at radius 3 is 2.33 bits per heavy atom. The zero-order valence-electron chi connectivity index (χ0n) is 16.8. The molecule has 0 heterocycles. The van der Waals surface area contributed by atoms with E-state index in [2.05, 4.69) is 31.3 Å². The van der Waals surface area contributed by atoms with Crippen LogP contribution in [0.15, 0.2) is 36.4 Å². The van der Waals surface area contributed by atoms with Gasteiger partial charge in [-0.15, -0.1) is 0 Å². The number of benzene rings is 2. The molecule has 0 aliphatic rings. The highest BCUT2D eigenvalue weighted by Crippen LogP contribution is 2.25. The summed E-state index contributed by atoms with van der Waals surface area (Å²) in [7, 11) is -1.91. The molecule has 2 rings (SSSR count). The molecule has 2 aromatic rings. The molecule has 146 valence electrons. The molecule has 0 aliphatic carbocycles. The predicted molar refractivity (Wildman–Crippen MR) is 111 cm³/mol. The Kier molecular flexibility index (Phi) is 6.31. The molecular formula is C21H28N2O3S. The van der Waals surface area contributed by atoms with Crippen molar-refractivity contribution in [3.8, 4) is 0 Å². The van der Waals surface area contributed by atoms with Crippen LogP contribution in [0.3, 0.4) is 0 Å². The fourth-order valence-electron chi connectivity index (χ4n) is 3.03. The van der Waals surface area contributed by atoms with E-state index in [-0.39, 0.29) is 11.9 Å². The number of hydrogen-bond acceptors (Lipinski definition) is 3. The van der Waals surface area contributed by atoms with E-state index in [4.69, 9.17) is 0 Å². The lowest BCUT2D eigenvalue weighted by Gasteiger charge is -2.22. The summed E-state index contributed by atoms with van der Waals surface area (Å²) < 4.78 is 24.9. The van der Waals surface area contributed by atoms with Crippen LogP contribution < -0.4 is 9.62 Å². The highest BCUT2D eigenvalue weighted by molar-refractivity contribution is 7.92. The molecule has 0 aromatic heterocycles. The van der Waals surface area contributed by atoms with Crippen LogP contribution in [-0.2, 0) is 10.0 Å². The van der Waals surface area contributed by atoms with Gasteiger partial charge in [0.1, 0.15) is 0 Å². The van der Waals surface area contributed by atoms with Crippen LogP contribution in [0, 0.1) is 20.8 Å². The Morgan fingerprint density at radius 2 is 1.78 bits per heavy atom. The van der Waals surface area contributed by atoms with Crippen molar-refractivity contribution in [1.29, 1.82) is 0 Å². The second-order valence-corrected chi connectivity index (χ2v) is 8.97. The first-order valence-electron chi connectivity index (χ1n) is 8.97. The van der Waals surface area contributed by atoms with Gasteiger partial charge in [0.15, 0.2) is 0 Å². The van der Waals surface area contributed by atoms with Crippen molar-refractivity contribution in [2.75, 3.05) is 17.6 Å². The van der Waals surface area contributed by atoms with Crippen molar-refractivity contribution in [1.82, 2.24) is 5.32 Å². The van der Waals surface area contributed by atoms with Gasteiger partial charge in [0.2, 0.25) is 10.0 Å². The number of amides is 1. The van der Waals surface area contributed by atoms with Gasteiger partial charge < -0.3 is 5.32 Å². The molecule has 0 aliphatic heterocycles. The van der Waals surface area contributed by atoms with Crippen LogP contribution in [0.4, 0.5) is 5.69 Å². The number of rotatable bonds is 6. The SMILES string of the molecule is CC[C@@H](NC(=O)c1cccc(N(C)S(C)(=O)=O)c1C)c1ccc(C)c(C)c1. The maximum absolute atomic E-state index is 12.9. The molecule has 0 radical (unpaired) electrons.